The Bertz CT molecular complexity index is 438. The molecule has 1 aromatic carbocycles. The van der Waals surface area contributed by atoms with Gasteiger partial charge >= 0.3 is 0 Å². The predicted molar refractivity (Wildman–Crippen MR) is 77.1 cm³/mol. The van der Waals surface area contributed by atoms with Crippen LogP contribution < -0.4 is 11.1 Å². The van der Waals surface area contributed by atoms with Gasteiger partial charge in [-0.15, -0.1) is 0 Å². The van der Waals surface area contributed by atoms with Crippen LogP contribution in [0.2, 0.25) is 5.02 Å². The molecule has 0 bridgehead atoms. The minimum atomic E-state index is 0.170. The van der Waals surface area contributed by atoms with Crippen LogP contribution in [0.4, 0.5) is 0 Å². The highest BCUT2D eigenvalue weighted by Gasteiger charge is 2.44. The number of guanidine groups is 1. The molecule has 1 fully saturated rings. The van der Waals surface area contributed by atoms with Gasteiger partial charge in [-0.1, -0.05) is 30.7 Å². The fourth-order valence-corrected chi connectivity index (χ4v) is 2.24. The Morgan fingerprint density at radius 2 is 2.28 bits per heavy atom. The predicted octanol–water partition coefficient (Wildman–Crippen LogP) is 2.69. The summed E-state index contributed by atoms with van der Waals surface area (Å²) in [5.74, 6) is 0.546. The van der Waals surface area contributed by atoms with Crippen LogP contribution in [-0.2, 0) is 5.41 Å². The summed E-state index contributed by atoms with van der Waals surface area (Å²) in [5, 5.41) is 3.89. The Morgan fingerprint density at radius 1 is 1.50 bits per heavy atom. The van der Waals surface area contributed by atoms with Gasteiger partial charge in [0.25, 0.3) is 0 Å². The second kappa shape index (κ2) is 5.61. The first kappa shape index (κ1) is 13.2. The van der Waals surface area contributed by atoms with E-state index in [-0.39, 0.29) is 5.41 Å². The molecule has 0 unspecified atom stereocenters. The van der Waals surface area contributed by atoms with Crippen molar-refractivity contribution in [3.05, 3.63) is 34.9 Å². The van der Waals surface area contributed by atoms with Crippen molar-refractivity contribution < 1.29 is 0 Å². The molecule has 1 aliphatic carbocycles. The molecule has 3 N–H and O–H groups in total. The highest BCUT2D eigenvalue weighted by atomic mass is 35.5. The van der Waals surface area contributed by atoms with Gasteiger partial charge in [0.2, 0.25) is 0 Å². The molecule has 0 saturated heterocycles. The molecule has 0 atom stereocenters. The molecule has 2 rings (SSSR count). The highest BCUT2D eigenvalue weighted by molar-refractivity contribution is 6.30. The van der Waals surface area contributed by atoms with Crippen LogP contribution in [0.25, 0.3) is 0 Å². The van der Waals surface area contributed by atoms with Crippen molar-refractivity contribution >= 4 is 17.6 Å². The van der Waals surface area contributed by atoms with Gasteiger partial charge < -0.3 is 11.1 Å². The average Bonchev–Trinajstić information content (AvgIpc) is 3.15. The molecule has 0 amide bonds. The van der Waals surface area contributed by atoms with E-state index in [1.165, 1.54) is 5.56 Å². The molecule has 1 aromatic rings. The fourth-order valence-electron chi connectivity index (χ4n) is 2.05. The second-order valence-corrected chi connectivity index (χ2v) is 5.36. The van der Waals surface area contributed by atoms with Crippen LogP contribution in [0.5, 0.6) is 0 Å². The Labute approximate surface area is 113 Å². The van der Waals surface area contributed by atoms with Crippen LogP contribution in [0, 0.1) is 0 Å². The molecule has 4 heteroatoms. The van der Waals surface area contributed by atoms with Gasteiger partial charge in [0, 0.05) is 17.0 Å². The van der Waals surface area contributed by atoms with Crippen molar-refractivity contribution in [3.63, 3.8) is 0 Å². The minimum Gasteiger partial charge on any atom is -0.370 e. The third-order valence-electron chi connectivity index (χ3n) is 3.40. The monoisotopic (exact) mass is 265 g/mol. The molecular formula is C14H20ClN3. The summed E-state index contributed by atoms with van der Waals surface area (Å²) < 4.78 is 0. The van der Waals surface area contributed by atoms with Crippen molar-refractivity contribution in [2.45, 2.75) is 31.6 Å². The van der Waals surface area contributed by atoms with Gasteiger partial charge in [0.1, 0.15) is 0 Å². The van der Waals surface area contributed by atoms with Gasteiger partial charge in [0.05, 0.1) is 6.54 Å². The highest BCUT2D eigenvalue weighted by Crippen LogP contribution is 2.48. The molecular weight excluding hydrogens is 246 g/mol. The van der Waals surface area contributed by atoms with Crippen molar-refractivity contribution in [3.8, 4) is 0 Å². The summed E-state index contributed by atoms with van der Waals surface area (Å²) in [4.78, 5) is 4.44. The van der Waals surface area contributed by atoms with Crippen molar-refractivity contribution in [1.82, 2.24) is 5.32 Å². The van der Waals surface area contributed by atoms with Crippen LogP contribution in [0.1, 0.15) is 31.7 Å². The molecule has 1 saturated carbocycles. The topological polar surface area (TPSA) is 50.4 Å². The van der Waals surface area contributed by atoms with E-state index in [0.29, 0.717) is 5.96 Å². The molecule has 98 valence electrons. The van der Waals surface area contributed by atoms with E-state index in [1.807, 2.05) is 18.2 Å². The summed E-state index contributed by atoms with van der Waals surface area (Å²) in [5.41, 5.74) is 7.27. The van der Waals surface area contributed by atoms with E-state index in [2.05, 4.69) is 23.3 Å². The Hall–Kier alpha value is -1.22. The van der Waals surface area contributed by atoms with E-state index in [4.69, 9.17) is 17.3 Å². The van der Waals surface area contributed by atoms with Crippen LogP contribution >= 0.6 is 11.6 Å². The molecule has 0 heterocycles. The Kier molecular flexibility index (Phi) is 4.12. The van der Waals surface area contributed by atoms with Crippen molar-refractivity contribution in [2.75, 3.05) is 13.1 Å². The van der Waals surface area contributed by atoms with E-state index in [0.717, 1.165) is 37.4 Å². The van der Waals surface area contributed by atoms with Crippen molar-refractivity contribution in [1.29, 1.82) is 0 Å². The number of rotatable bonds is 5. The maximum absolute atomic E-state index is 6.04. The van der Waals surface area contributed by atoms with E-state index in [9.17, 15) is 0 Å². The lowest BCUT2D eigenvalue weighted by molar-refractivity contribution is 0.699. The smallest absolute Gasteiger partial charge is 0.188 e. The number of nitrogens with two attached hydrogens (primary N) is 1. The quantitative estimate of drug-likeness (QED) is 0.635. The number of nitrogens with zero attached hydrogens (tertiary/aromatic N) is 1. The van der Waals surface area contributed by atoms with Crippen molar-refractivity contribution in [2.24, 2.45) is 10.7 Å². The largest absolute Gasteiger partial charge is 0.370 e. The standard InChI is InChI=1S/C14H20ClN3/c1-2-8-17-13(16)18-10-14(6-7-14)11-4-3-5-12(15)9-11/h3-5,9H,2,6-8,10H2,1H3,(H3,16,17,18). The Balaban J connectivity index is 2.00. The number of halogens is 1. The van der Waals surface area contributed by atoms with E-state index >= 15 is 0 Å². The molecule has 0 spiro atoms. The zero-order chi connectivity index (χ0) is 13.0. The van der Waals surface area contributed by atoms with Gasteiger partial charge in [-0.3, -0.25) is 4.99 Å². The summed E-state index contributed by atoms with van der Waals surface area (Å²) in [6.07, 6.45) is 3.38. The van der Waals surface area contributed by atoms with Gasteiger partial charge in [-0.2, -0.15) is 0 Å². The number of nitrogens with one attached hydrogen (secondary N) is 1. The van der Waals surface area contributed by atoms with Crippen LogP contribution in [0.15, 0.2) is 29.3 Å². The summed E-state index contributed by atoms with van der Waals surface area (Å²) in [6.45, 7) is 3.73. The lowest BCUT2D eigenvalue weighted by Gasteiger charge is -2.14. The average molecular weight is 266 g/mol. The molecule has 1 aliphatic rings. The lowest BCUT2D eigenvalue weighted by Crippen LogP contribution is -2.33. The minimum absolute atomic E-state index is 0.170. The summed E-state index contributed by atoms with van der Waals surface area (Å²) in [6, 6.07) is 8.07. The van der Waals surface area contributed by atoms with Crippen LogP contribution in [0.3, 0.4) is 0 Å². The first-order valence-electron chi connectivity index (χ1n) is 6.46. The maximum Gasteiger partial charge on any atom is 0.188 e. The zero-order valence-corrected chi connectivity index (χ0v) is 11.5. The molecule has 0 aliphatic heterocycles. The normalized spacial score (nSPS) is 17.6. The summed E-state index contributed by atoms with van der Waals surface area (Å²) in [7, 11) is 0. The maximum atomic E-state index is 6.04. The first-order chi connectivity index (χ1) is 8.66. The number of aliphatic imine (C=N–C) groups is 1. The lowest BCUT2D eigenvalue weighted by atomic mass is 9.96. The van der Waals surface area contributed by atoms with E-state index < -0.39 is 0 Å². The van der Waals surface area contributed by atoms with Gasteiger partial charge in [-0.25, -0.2) is 0 Å². The third kappa shape index (κ3) is 3.16. The zero-order valence-electron chi connectivity index (χ0n) is 10.7. The van der Waals surface area contributed by atoms with Gasteiger partial charge in [0.15, 0.2) is 5.96 Å². The third-order valence-corrected chi connectivity index (χ3v) is 3.63. The molecule has 3 nitrogen and oxygen atoms in total. The number of hydrogen-bond acceptors (Lipinski definition) is 1. The summed E-state index contributed by atoms with van der Waals surface area (Å²) >= 11 is 6.04. The molecule has 18 heavy (non-hydrogen) atoms. The van der Waals surface area contributed by atoms with E-state index in [1.54, 1.807) is 0 Å². The van der Waals surface area contributed by atoms with Crippen LogP contribution in [-0.4, -0.2) is 19.0 Å². The van der Waals surface area contributed by atoms with Gasteiger partial charge in [-0.05, 0) is 37.0 Å². The number of hydrogen-bond donors (Lipinski definition) is 2. The molecule has 0 aromatic heterocycles. The first-order valence-corrected chi connectivity index (χ1v) is 6.84. The number of benzene rings is 1. The second-order valence-electron chi connectivity index (χ2n) is 4.92. The Morgan fingerprint density at radius 3 is 2.89 bits per heavy atom. The molecule has 0 radical (unpaired) electrons. The fraction of sp³-hybridized carbons (Fsp3) is 0.500. The SMILES string of the molecule is CCCNC(N)=NCC1(c2cccc(Cl)c2)CC1.